The lowest BCUT2D eigenvalue weighted by Crippen LogP contribution is -2.26. The van der Waals surface area contributed by atoms with Crippen molar-refractivity contribution in [3.8, 4) is 0 Å². The van der Waals surface area contributed by atoms with Gasteiger partial charge in [-0.15, -0.1) is 11.6 Å². The molecule has 0 radical (unpaired) electrons. The standard InChI is InChI=1S/C13H18ClNO3S/c1-2-10-19(17,18)12-7-4-3-6-11(12)13(16)15-9-5-8-14/h3-4,6-7H,2,5,8-10H2,1H3,(H,15,16). The van der Waals surface area contributed by atoms with Gasteiger partial charge in [0.1, 0.15) is 0 Å². The summed E-state index contributed by atoms with van der Waals surface area (Å²) >= 11 is 5.53. The lowest BCUT2D eigenvalue weighted by Gasteiger charge is -2.10. The monoisotopic (exact) mass is 303 g/mol. The van der Waals surface area contributed by atoms with E-state index in [0.29, 0.717) is 25.3 Å². The largest absolute Gasteiger partial charge is 0.352 e. The zero-order valence-electron chi connectivity index (χ0n) is 10.9. The van der Waals surface area contributed by atoms with E-state index in [-0.39, 0.29) is 22.1 Å². The molecule has 1 rings (SSSR count). The van der Waals surface area contributed by atoms with Crippen molar-refractivity contribution in [2.24, 2.45) is 0 Å². The minimum Gasteiger partial charge on any atom is -0.352 e. The van der Waals surface area contributed by atoms with Crippen molar-refractivity contribution in [1.29, 1.82) is 0 Å². The van der Waals surface area contributed by atoms with Crippen LogP contribution in [0.2, 0.25) is 0 Å². The molecule has 4 nitrogen and oxygen atoms in total. The zero-order valence-corrected chi connectivity index (χ0v) is 12.4. The highest BCUT2D eigenvalue weighted by Gasteiger charge is 2.20. The van der Waals surface area contributed by atoms with Gasteiger partial charge in [0, 0.05) is 12.4 Å². The van der Waals surface area contributed by atoms with E-state index in [1.165, 1.54) is 12.1 Å². The van der Waals surface area contributed by atoms with Crippen molar-refractivity contribution in [1.82, 2.24) is 5.32 Å². The third kappa shape index (κ3) is 4.51. The fraction of sp³-hybridized carbons (Fsp3) is 0.462. The molecule has 0 saturated carbocycles. The Hall–Kier alpha value is -1.07. The Labute approximate surface area is 119 Å². The Morgan fingerprint density at radius 3 is 2.63 bits per heavy atom. The molecule has 19 heavy (non-hydrogen) atoms. The first kappa shape index (κ1) is 16.0. The summed E-state index contributed by atoms with van der Waals surface area (Å²) in [4.78, 5) is 12.1. The number of hydrogen-bond acceptors (Lipinski definition) is 3. The van der Waals surface area contributed by atoms with E-state index in [0.717, 1.165) is 0 Å². The van der Waals surface area contributed by atoms with E-state index in [9.17, 15) is 13.2 Å². The highest BCUT2D eigenvalue weighted by atomic mass is 35.5. The summed E-state index contributed by atoms with van der Waals surface area (Å²) in [5.74, 6) is 0.120. The van der Waals surface area contributed by atoms with Crippen molar-refractivity contribution in [3.63, 3.8) is 0 Å². The van der Waals surface area contributed by atoms with Crippen LogP contribution in [0.5, 0.6) is 0 Å². The van der Waals surface area contributed by atoms with Crippen LogP contribution in [-0.2, 0) is 9.84 Å². The predicted octanol–water partition coefficient (Wildman–Crippen LogP) is 2.23. The minimum absolute atomic E-state index is 0.0406. The number of rotatable bonds is 7. The van der Waals surface area contributed by atoms with Crippen molar-refractivity contribution >= 4 is 27.3 Å². The maximum atomic E-state index is 12.1. The molecule has 0 unspecified atom stereocenters. The summed E-state index contributed by atoms with van der Waals surface area (Å²) in [5, 5.41) is 2.67. The maximum Gasteiger partial charge on any atom is 0.252 e. The van der Waals surface area contributed by atoms with Gasteiger partial charge < -0.3 is 5.32 Å². The van der Waals surface area contributed by atoms with E-state index in [2.05, 4.69) is 5.32 Å². The van der Waals surface area contributed by atoms with Gasteiger partial charge in [-0.25, -0.2) is 8.42 Å². The maximum absolute atomic E-state index is 12.1. The van der Waals surface area contributed by atoms with Gasteiger partial charge in [0.2, 0.25) is 0 Å². The summed E-state index contributed by atoms with van der Waals surface area (Å²) in [7, 11) is -3.40. The Morgan fingerprint density at radius 2 is 2.00 bits per heavy atom. The number of amides is 1. The summed E-state index contributed by atoms with van der Waals surface area (Å²) in [6.07, 6.45) is 1.17. The molecule has 0 aliphatic heterocycles. The summed E-state index contributed by atoms with van der Waals surface area (Å²) in [6.45, 7) is 2.23. The number of sulfone groups is 1. The van der Waals surface area contributed by atoms with Crippen LogP contribution in [0.25, 0.3) is 0 Å². The number of carbonyl (C=O) groups excluding carboxylic acids is 1. The second kappa shape index (κ2) is 7.50. The summed E-state index contributed by atoms with van der Waals surface area (Å²) in [6, 6.07) is 6.28. The molecule has 0 aliphatic rings. The molecule has 0 spiro atoms. The van der Waals surface area contributed by atoms with Crippen molar-refractivity contribution < 1.29 is 13.2 Å². The lowest BCUT2D eigenvalue weighted by atomic mass is 10.2. The molecule has 1 aromatic rings. The van der Waals surface area contributed by atoms with Crippen LogP contribution in [0.15, 0.2) is 29.2 Å². The van der Waals surface area contributed by atoms with Gasteiger partial charge in [0.05, 0.1) is 16.2 Å². The molecule has 1 aromatic carbocycles. The SMILES string of the molecule is CCCS(=O)(=O)c1ccccc1C(=O)NCCCCl. The molecule has 106 valence electrons. The topological polar surface area (TPSA) is 63.2 Å². The molecular weight excluding hydrogens is 286 g/mol. The van der Waals surface area contributed by atoms with Gasteiger partial charge in [-0.2, -0.15) is 0 Å². The molecule has 0 bridgehead atoms. The second-order valence-electron chi connectivity index (χ2n) is 4.11. The minimum atomic E-state index is -3.40. The van der Waals surface area contributed by atoms with Gasteiger partial charge in [-0.05, 0) is 25.0 Å². The van der Waals surface area contributed by atoms with Crippen LogP contribution in [0.3, 0.4) is 0 Å². The van der Waals surface area contributed by atoms with Crippen LogP contribution in [0.4, 0.5) is 0 Å². The number of hydrogen-bond donors (Lipinski definition) is 1. The molecule has 0 atom stereocenters. The van der Waals surface area contributed by atoms with Crippen LogP contribution in [-0.4, -0.2) is 32.5 Å². The molecule has 0 aliphatic carbocycles. The highest BCUT2D eigenvalue weighted by Crippen LogP contribution is 2.17. The van der Waals surface area contributed by atoms with Gasteiger partial charge in [0.25, 0.3) is 5.91 Å². The fourth-order valence-corrected chi connectivity index (χ4v) is 3.34. The molecule has 0 fully saturated rings. The Morgan fingerprint density at radius 1 is 1.32 bits per heavy atom. The lowest BCUT2D eigenvalue weighted by molar-refractivity contribution is 0.0950. The predicted molar refractivity (Wildman–Crippen MR) is 76.5 cm³/mol. The molecular formula is C13H18ClNO3S. The highest BCUT2D eigenvalue weighted by molar-refractivity contribution is 7.91. The smallest absolute Gasteiger partial charge is 0.252 e. The van der Waals surface area contributed by atoms with E-state index in [4.69, 9.17) is 11.6 Å². The van der Waals surface area contributed by atoms with Gasteiger partial charge in [-0.3, -0.25) is 4.79 Å². The molecule has 0 saturated heterocycles. The van der Waals surface area contributed by atoms with Crippen LogP contribution in [0, 0.1) is 0 Å². The number of halogens is 1. The summed E-state index contributed by atoms with van der Waals surface area (Å²) < 4.78 is 24.2. The molecule has 1 amide bonds. The Bertz CT molecular complexity index is 528. The summed E-state index contributed by atoms with van der Waals surface area (Å²) in [5.41, 5.74) is 0.200. The van der Waals surface area contributed by atoms with E-state index in [1.807, 2.05) is 0 Å². The van der Waals surface area contributed by atoms with Crippen molar-refractivity contribution in [2.45, 2.75) is 24.7 Å². The third-order valence-corrected chi connectivity index (χ3v) is 4.77. The van der Waals surface area contributed by atoms with E-state index >= 15 is 0 Å². The first-order chi connectivity index (χ1) is 9.03. The molecule has 0 heterocycles. The Balaban J connectivity index is 2.99. The number of benzene rings is 1. The molecule has 0 aromatic heterocycles. The third-order valence-electron chi connectivity index (χ3n) is 2.54. The fourth-order valence-electron chi connectivity index (χ4n) is 1.67. The normalized spacial score (nSPS) is 11.3. The van der Waals surface area contributed by atoms with E-state index < -0.39 is 9.84 Å². The van der Waals surface area contributed by atoms with Crippen LogP contribution < -0.4 is 5.32 Å². The first-order valence-corrected chi connectivity index (χ1v) is 8.37. The molecule has 6 heteroatoms. The average molecular weight is 304 g/mol. The number of alkyl halides is 1. The van der Waals surface area contributed by atoms with Gasteiger partial charge in [-0.1, -0.05) is 19.1 Å². The average Bonchev–Trinajstić information content (AvgIpc) is 2.39. The number of carbonyl (C=O) groups is 1. The zero-order chi connectivity index (χ0) is 14.3. The van der Waals surface area contributed by atoms with Gasteiger partial charge in [0.15, 0.2) is 9.84 Å². The number of nitrogens with one attached hydrogen (secondary N) is 1. The van der Waals surface area contributed by atoms with E-state index in [1.54, 1.807) is 19.1 Å². The van der Waals surface area contributed by atoms with Crippen LogP contribution in [0.1, 0.15) is 30.1 Å². The second-order valence-corrected chi connectivity index (χ2v) is 6.57. The van der Waals surface area contributed by atoms with Crippen molar-refractivity contribution in [2.75, 3.05) is 18.2 Å². The van der Waals surface area contributed by atoms with Crippen LogP contribution >= 0.6 is 11.6 Å². The first-order valence-electron chi connectivity index (χ1n) is 6.19. The Kier molecular flexibility index (Phi) is 6.31. The van der Waals surface area contributed by atoms with Gasteiger partial charge >= 0.3 is 0 Å². The molecule has 1 N–H and O–H groups in total. The quantitative estimate of drug-likeness (QED) is 0.620. The van der Waals surface area contributed by atoms with Crippen molar-refractivity contribution in [3.05, 3.63) is 29.8 Å².